The van der Waals surface area contributed by atoms with Crippen molar-refractivity contribution in [2.75, 3.05) is 13.1 Å². The lowest BCUT2D eigenvalue weighted by molar-refractivity contribution is -0.137. The minimum Gasteiger partial charge on any atom is -0.504 e. The first kappa shape index (κ1) is 16.9. The predicted octanol–water partition coefficient (Wildman–Crippen LogP) is 4.05. The molecule has 0 radical (unpaired) electrons. The molecule has 2 aromatic rings. The molecule has 3 rings (SSSR count). The van der Waals surface area contributed by atoms with E-state index in [-0.39, 0.29) is 10.8 Å². The first-order valence-corrected chi connectivity index (χ1v) is 7.78. The standard InChI is InChI=1S/C17H15ClF3NO2/c18-15-11-4-5-22-8-13(12(11)7-14(23)16(15)24)9-2-1-3-10(6-9)17(19,20)21/h1-3,6-7,13,22-24H,4-5,8H2. The van der Waals surface area contributed by atoms with Crippen LogP contribution in [0.2, 0.25) is 5.02 Å². The van der Waals surface area contributed by atoms with E-state index >= 15 is 0 Å². The Morgan fingerprint density at radius 1 is 1.17 bits per heavy atom. The van der Waals surface area contributed by atoms with Gasteiger partial charge in [0.05, 0.1) is 10.6 Å². The Morgan fingerprint density at radius 3 is 2.62 bits per heavy atom. The molecule has 1 aliphatic heterocycles. The Morgan fingerprint density at radius 2 is 1.92 bits per heavy atom. The van der Waals surface area contributed by atoms with E-state index in [2.05, 4.69) is 5.32 Å². The highest BCUT2D eigenvalue weighted by molar-refractivity contribution is 6.33. The molecule has 1 atom stereocenters. The maximum absolute atomic E-state index is 13.0. The summed E-state index contributed by atoms with van der Waals surface area (Å²) < 4.78 is 38.9. The van der Waals surface area contributed by atoms with Crippen LogP contribution in [0.25, 0.3) is 0 Å². The van der Waals surface area contributed by atoms with Crippen molar-refractivity contribution in [3.05, 3.63) is 57.6 Å². The van der Waals surface area contributed by atoms with Crippen LogP contribution in [-0.2, 0) is 12.6 Å². The van der Waals surface area contributed by atoms with Gasteiger partial charge < -0.3 is 15.5 Å². The molecule has 0 saturated carbocycles. The van der Waals surface area contributed by atoms with E-state index in [0.717, 1.165) is 12.1 Å². The highest BCUT2D eigenvalue weighted by Gasteiger charge is 2.32. The molecule has 3 N–H and O–H groups in total. The van der Waals surface area contributed by atoms with E-state index in [0.29, 0.717) is 36.2 Å². The number of phenolic OH excluding ortho intramolecular Hbond substituents is 2. The summed E-state index contributed by atoms with van der Waals surface area (Å²) in [6, 6.07) is 6.50. The Balaban J connectivity index is 2.14. The molecule has 2 aromatic carbocycles. The van der Waals surface area contributed by atoms with Crippen molar-refractivity contribution < 1.29 is 23.4 Å². The van der Waals surface area contributed by atoms with Gasteiger partial charge in [0.25, 0.3) is 0 Å². The van der Waals surface area contributed by atoms with Gasteiger partial charge in [-0.05, 0) is 41.8 Å². The van der Waals surface area contributed by atoms with Crippen molar-refractivity contribution in [1.82, 2.24) is 5.32 Å². The lowest BCUT2D eigenvalue weighted by Crippen LogP contribution is -2.21. The topological polar surface area (TPSA) is 52.5 Å². The fourth-order valence-electron chi connectivity index (χ4n) is 3.05. The van der Waals surface area contributed by atoms with Crippen molar-refractivity contribution >= 4 is 11.6 Å². The van der Waals surface area contributed by atoms with Crippen molar-refractivity contribution in [3.8, 4) is 11.5 Å². The summed E-state index contributed by atoms with van der Waals surface area (Å²) in [5.41, 5.74) is 1.01. The first-order valence-electron chi connectivity index (χ1n) is 7.40. The van der Waals surface area contributed by atoms with Gasteiger partial charge in [0.1, 0.15) is 0 Å². The minimum atomic E-state index is -4.42. The van der Waals surface area contributed by atoms with Gasteiger partial charge in [-0.1, -0.05) is 29.8 Å². The second kappa shape index (κ2) is 6.18. The van der Waals surface area contributed by atoms with Gasteiger partial charge in [-0.15, -0.1) is 0 Å². The molecular formula is C17H15ClF3NO2. The third-order valence-electron chi connectivity index (χ3n) is 4.25. The summed E-state index contributed by atoms with van der Waals surface area (Å²) in [6.45, 7) is 0.987. The zero-order chi connectivity index (χ0) is 17.5. The number of aromatic hydroxyl groups is 2. The summed E-state index contributed by atoms with van der Waals surface area (Å²) in [7, 11) is 0. The summed E-state index contributed by atoms with van der Waals surface area (Å²) in [6.07, 6.45) is -3.91. The second-order valence-corrected chi connectivity index (χ2v) is 6.13. The summed E-state index contributed by atoms with van der Waals surface area (Å²) in [5.74, 6) is -1.19. The van der Waals surface area contributed by atoms with Crippen LogP contribution in [-0.4, -0.2) is 23.3 Å². The van der Waals surface area contributed by atoms with E-state index in [9.17, 15) is 23.4 Å². The Bertz CT molecular complexity index is 777. The lowest BCUT2D eigenvalue weighted by Gasteiger charge is -2.21. The van der Waals surface area contributed by atoms with Crippen molar-refractivity contribution in [1.29, 1.82) is 0 Å². The highest BCUT2D eigenvalue weighted by atomic mass is 35.5. The van der Waals surface area contributed by atoms with Gasteiger partial charge in [-0.3, -0.25) is 0 Å². The monoisotopic (exact) mass is 357 g/mol. The Hall–Kier alpha value is -1.92. The number of alkyl halides is 3. The normalized spacial score (nSPS) is 18.1. The summed E-state index contributed by atoms with van der Waals surface area (Å²) in [5, 5.41) is 22.9. The molecule has 1 unspecified atom stereocenters. The molecule has 24 heavy (non-hydrogen) atoms. The van der Waals surface area contributed by atoms with Crippen LogP contribution >= 0.6 is 11.6 Å². The van der Waals surface area contributed by atoms with Gasteiger partial charge >= 0.3 is 6.18 Å². The summed E-state index contributed by atoms with van der Waals surface area (Å²) >= 11 is 6.13. The number of fused-ring (bicyclic) bond motifs is 1. The summed E-state index contributed by atoms with van der Waals surface area (Å²) in [4.78, 5) is 0. The molecule has 0 fully saturated rings. The highest BCUT2D eigenvalue weighted by Crippen LogP contribution is 2.43. The van der Waals surface area contributed by atoms with E-state index in [1.807, 2.05) is 0 Å². The van der Waals surface area contributed by atoms with Gasteiger partial charge in [0, 0.05) is 12.5 Å². The molecule has 0 aliphatic carbocycles. The van der Waals surface area contributed by atoms with E-state index in [1.165, 1.54) is 12.1 Å². The molecule has 1 aliphatic rings. The number of nitrogens with one attached hydrogen (secondary N) is 1. The predicted molar refractivity (Wildman–Crippen MR) is 84.6 cm³/mol. The average Bonchev–Trinajstić information content (AvgIpc) is 2.74. The zero-order valence-electron chi connectivity index (χ0n) is 12.5. The number of halogens is 4. The maximum Gasteiger partial charge on any atom is 0.416 e. The Kier molecular flexibility index (Phi) is 4.36. The average molecular weight is 358 g/mol. The molecule has 7 heteroatoms. The fourth-order valence-corrected chi connectivity index (χ4v) is 3.35. The SMILES string of the molecule is Oc1cc2c(c(Cl)c1O)CCNCC2c1cccc(C(F)(F)F)c1. The molecule has 0 amide bonds. The van der Waals surface area contributed by atoms with Crippen molar-refractivity contribution in [3.63, 3.8) is 0 Å². The van der Waals surface area contributed by atoms with Crippen molar-refractivity contribution in [2.45, 2.75) is 18.5 Å². The number of hydrogen-bond acceptors (Lipinski definition) is 3. The maximum atomic E-state index is 13.0. The number of benzene rings is 2. The van der Waals surface area contributed by atoms with Crippen LogP contribution in [0.15, 0.2) is 30.3 Å². The van der Waals surface area contributed by atoms with E-state index < -0.39 is 23.4 Å². The number of rotatable bonds is 1. The first-order chi connectivity index (χ1) is 11.3. The molecule has 1 heterocycles. The number of hydrogen-bond donors (Lipinski definition) is 3. The molecule has 0 saturated heterocycles. The van der Waals surface area contributed by atoms with Gasteiger partial charge in [0.15, 0.2) is 11.5 Å². The quantitative estimate of drug-likeness (QED) is 0.675. The molecule has 128 valence electrons. The second-order valence-electron chi connectivity index (χ2n) is 5.76. The molecule has 3 nitrogen and oxygen atoms in total. The van der Waals surface area contributed by atoms with Crippen LogP contribution in [0.4, 0.5) is 13.2 Å². The number of phenols is 2. The van der Waals surface area contributed by atoms with Gasteiger partial charge in [-0.25, -0.2) is 0 Å². The van der Waals surface area contributed by atoms with Gasteiger partial charge in [-0.2, -0.15) is 13.2 Å². The van der Waals surface area contributed by atoms with Gasteiger partial charge in [0.2, 0.25) is 0 Å². The third-order valence-corrected chi connectivity index (χ3v) is 4.66. The zero-order valence-corrected chi connectivity index (χ0v) is 13.2. The van der Waals surface area contributed by atoms with E-state index in [4.69, 9.17) is 11.6 Å². The van der Waals surface area contributed by atoms with Crippen LogP contribution in [0, 0.1) is 0 Å². The molecule has 0 bridgehead atoms. The van der Waals surface area contributed by atoms with Crippen LogP contribution < -0.4 is 5.32 Å². The largest absolute Gasteiger partial charge is 0.504 e. The lowest BCUT2D eigenvalue weighted by atomic mass is 9.87. The fraction of sp³-hybridized carbons (Fsp3) is 0.294. The van der Waals surface area contributed by atoms with Crippen LogP contribution in [0.3, 0.4) is 0 Å². The molecule has 0 aromatic heterocycles. The smallest absolute Gasteiger partial charge is 0.416 e. The van der Waals surface area contributed by atoms with E-state index in [1.54, 1.807) is 6.07 Å². The third kappa shape index (κ3) is 3.03. The van der Waals surface area contributed by atoms with Crippen LogP contribution in [0.1, 0.15) is 28.2 Å². The molecular weight excluding hydrogens is 343 g/mol. The molecule has 0 spiro atoms. The van der Waals surface area contributed by atoms with Crippen molar-refractivity contribution in [2.24, 2.45) is 0 Å². The minimum absolute atomic E-state index is 0.0469. The van der Waals surface area contributed by atoms with Crippen LogP contribution in [0.5, 0.6) is 11.5 Å². The Labute approximate surface area is 141 Å².